The number of carbonyl (C=O) groups is 1. The molecule has 0 atom stereocenters. The Balaban J connectivity index is 2.41. The minimum atomic E-state index is -0.792. The van der Waals surface area contributed by atoms with Gasteiger partial charge >= 0.3 is 5.97 Å². The molecular weight excluding hydrogens is 224 g/mol. The van der Waals surface area contributed by atoms with E-state index in [0.29, 0.717) is 11.5 Å². The van der Waals surface area contributed by atoms with Gasteiger partial charge in [0.15, 0.2) is 0 Å². The number of benzene rings is 1. The summed E-state index contributed by atoms with van der Waals surface area (Å²) in [6.07, 6.45) is 5.95. The topological polar surface area (TPSA) is 37.3 Å². The van der Waals surface area contributed by atoms with Crippen LogP contribution >= 0.6 is 0 Å². The molecular formula is C16H20O2. The van der Waals surface area contributed by atoms with Crippen LogP contribution in [0.25, 0.3) is 5.57 Å². The average Bonchev–Trinajstić information content (AvgIpc) is 2.41. The third-order valence-electron chi connectivity index (χ3n) is 3.82. The van der Waals surface area contributed by atoms with E-state index in [2.05, 4.69) is 0 Å². The molecule has 0 aromatic heterocycles. The summed E-state index contributed by atoms with van der Waals surface area (Å²) in [5.41, 5.74) is 2.63. The summed E-state index contributed by atoms with van der Waals surface area (Å²) in [7, 11) is 0. The fraction of sp³-hybridized carbons (Fsp3) is 0.438. The second-order valence-corrected chi connectivity index (χ2v) is 5.04. The van der Waals surface area contributed by atoms with Crippen molar-refractivity contribution in [2.24, 2.45) is 5.92 Å². The molecule has 0 heterocycles. The zero-order valence-corrected chi connectivity index (χ0v) is 10.9. The summed E-state index contributed by atoms with van der Waals surface area (Å²) in [6.45, 7) is 1.74. The summed E-state index contributed by atoms with van der Waals surface area (Å²) >= 11 is 0. The van der Waals surface area contributed by atoms with Gasteiger partial charge in [-0.05, 0) is 36.8 Å². The molecule has 0 radical (unpaired) electrons. The Kier molecular flexibility index (Phi) is 4.19. The Morgan fingerprint density at radius 2 is 1.72 bits per heavy atom. The van der Waals surface area contributed by atoms with Crippen molar-refractivity contribution < 1.29 is 9.90 Å². The first-order valence-corrected chi connectivity index (χ1v) is 6.69. The fourth-order valence-electron chi connectivity index (χ4n) is 2.88. The quantitative estimate of drug-likeness (QED) is 0.812. The van der Waals surface area contributed by atoms with Gasteiger partial charge in [-0.2, -0.15) is 0 Å². The van der Waals surface area contributed by atoms with Crippen molar-refractivity contribution in [1.82, 2.24) is 0 Å². The number of allylic oxidation sites excluding steroid dienone is 1. The van der Waals surface area contributed by atoms with Crippen molar-refractivity contribution in [2.75, 3.05) is 0 Å². The Hall–Kier alpha value is -1.57. The standard InChI is InChI=1S/C16H20O2/c1-12(16(17)18)15(13-8-4-2-5-9-13)14-10-6-3-7-11-14/h2,4-5,8-9,14H,3,6-7,10-11H2,1H3,(H,17,18). The molecule has 2 heteroatoms. The maximum absolute atomic E-state index is 11.3. The van der Waals surface area contributed by atoms with Crippen LogP contribution in [-0.2, 0) is 4.79 Å². The van der Waals surface area contributed by atoms with Gasteiger partial charge in [0.05, 0.1) is 0 Å². The zero-order chi connectivity index (χ0) is 13.0. The molecule has 0 unspecified atom stereocenters. The second kappa shape index (κ2) is 5.85. The van der Waals surface area contributed by atoms with Gasteiger partial charge in [-0.1, -0.05) is 49.6 Å². The maximum Gasteiger partial charge on any atom is 0.331 e. The van der Waals surface area contributed by atoms with E-state index in [4.69, 9.17) is 0 Å². The highest BCUT2D eigenvalue weighted by Crippen LogP contribution is 2.37. The zero-order valence-electron chi connectivity index (χ0n) is 10.9. The van der Waals surface area contributed by atoms with E-state index in [9.17, 15) is 9.90 Å². The molecule has 1 saturated carbocycles. The smallest absolute Gasteiger partial charge is 0.331 e. The third-order valence-corrected chi connectivity index (χ3v) is 3.82. The first-order chi connectivity index (χ1) is 8.70. The summed E-state index contributed by atoms with van der Waals surface area (Å²) in [5.74, 6) is -0.378. The lowest BCUT2D eigenvalue weighted by Gasteiger charge is -2.26. The number of carboxylic acids is 1. The van der Waals surface area contributed by atoms with Crippen LogP contribution in [0, 0.1) is 5.92 Å². The number of rotatable bonds is 3. The van der Waals surface area contributed by atoms with Gasteiger partial charge in [0.25, 0.3) is 0 Å². The Labute approximate surface area is 108 Å². The van der Waals surface area contributed by atoms with E-state index < -0.39 is 5.97 Å². The van der Waals surface area contributed by atoms with Gasteiger partial charge in [-0.3, -0.25) is 0 Å². The number of hydrogen-bond donors (Lipinski definition) is 1. The van der Waals surface area contributed by atoms with Gasteiger partial charge in [-0.25, -0.2) is 4.79 Å². The number of carboxylic acid groups (broad SMARTS) is 1. The first-order valence-electron chi connectivity index (χ1n) is 6.69. The van der Waals surface area contributed by atoms with Crippen molar-refractivity contribution >= 4 is 11.5 Å². The van der Waals surface area contributed by atoms with Crippen molar-refractivity contribution in [3.8, 4) is 0 Å². The molecule has 2 rings (SSSR count). The molecule has 0 bridgehead atoms. The Bertz CT molecular complexity index is 439. The number of aliphatic carboxylic acids is 1. The van der Waals surface area contributed by atoms with Crippen LogP contribution in [0.2, 0.25) is 0 Å². The van der Waals surface area contributed by atoms with Crippen LogP contribution in [0.1, 0.15) is 44.6 Å². The molecule has 96 valence electrons. The van der Waals surface area contributed by atoms with Gasteiger partial charge in [0.2, 0.25) is 0 Å². The third kappa shape index (κ3) is 2.81. The van der Waals surface area contributed by atoms with Crippen molar-refractivity contribution in [3.05, 3.63) is 41.5 Å². The normalized spacial score (nSPS) is 18.3. The SMILES string of the molecule is CC(C(=O)O)=C(c1ccccc1)C1CCCCC1. The Morgan fingerprint density at radius 3 is 2.28 bits per heavy atom. The largest absolute Gasteiger partial charge is 0.478 e. The second-order valence-electron chi connectivity index (χ2n) is 5.04. The maximum atomic E-state index is 11.3. The molecule has 0 aliphatic heterocycles. The predicted octanol–water partition coefficient (Wildman–Crippen LogP) is 4.13. The van der Waals surface area contributed by atoms with Gasteiger partial charge in [0, 0.05) is 5.57 Å². The fourth-order valence-corrected chi connectivity index (χ4v) is 2.88. The molecule has 0 amide bonds. The monoisotopic (exact) mass is 244 g/mol. The molecule has 1 aromatic rings. The van der Waals surface area contributed by atoms with E-state index in [1.165, 1.54) is 19.3 Å². The molecule has 1 N–H and O–H groups in total. The number of hydrogen-bond acceptors (Lipinski definition) is 1. The lowest BCUT2D eigenvalue weighted by molar-refractivity contribution is -0.132. The minimum Gasteiger partial charge on any atom is -0.478 e. The van der Waals surface area contributed by atoms with Crippen molar-refractivity contribution in [2.45, 2.75) is 39.0 Å². The average molecular weight is 244 g/mol. The van der Waals surface area contributed by atoms with E-state index in [-0.39, 0.29) is 0 Å². The first kappa shape index (κ1) is 12.9. The summed E-state index contributed by atoms with van der Waals surface area (Å²) in [5, 5.41) is 9.29. The Morgan fingerprint density at radius 1 is 1.11 bits per heavy atom. The molecule has 0 saturated heterocycles. The van der Waals surface area contributed by atoms with E-state index in [1.807, 2.05) is 30.3 Å². The molecule has 0 spiro atoms. The van der Waals surface area contributed by atoms with Gasteiger partial charge in [-0.15, -0.1) is 0 Å². The van der Waals surface area contributed by atoms with Crippen molar-refractivity contribution in [1.29, 1.82) is 0 Å². The summed E-state index contributed by atoms with van der Waals surface area (Å²) in [6, 6.07) is 9.98. The predicted molar refractivity (Wildman–Crippen MR) is 73.2 cm³/mol. The van der Waals surface area contributed by atoms with Crippen LogP contribution < -0.4 is 0 Å². The summed E-state index contributed by atoms with van der Waals surface area (Å²) < 4.78 is 0. The van der Waals surface area contributed by atoms with Crippen LogP contribution in [0.15, 0.2) is 35.9 Å². The van der Waals surface area contributed by atoms with E-state index >= 15 is 0 Å². The van der Waals surface area contributed by atoms with Crippen molar-refractivity contribution in [3.63, 3.8) is 0 Å². The minimum absolute atomic E-state index is 0.414. The molecule has 2 nitrogen and oxygen atoms in total. The van der Waals surface area contributed by atoms with Crippen LogP contribution in [-0.4, -0.2) is 11.1 Å². The lowest BCUT2D eigenvalue weighted by atomic mass is 9.79. The van der Waals surface area contributed by atoms with Gasteiger partial charge in [0.1, 0.15) is 0 Å². The lowest BCUT2D eigenvalue weighted by Crippen LogP contribution is -2.13. The van der Waals surface area contributed by atoms with E-state index in [1.54, 1.807) is 6.92 Å². The molecule has 1 aromatic carbocycles. The molecule has 18 heavy (non-hydrogen) atoms. The van der Waals surface area contributed by atoms with Crippen LogP contribution in [0.4, 0.5) is 0 Å². The molecule has 1 aliphatic rings. The van der Waals surface area contributed by atoms with E-state index in [0.717, 1.165) is 24.0 Å². The van der Waals surface area contributed by atoms with Gasteiger partial charge < -0.3 is 5.11 Å². The molecule has 1 aliphatic carbocycles. The highest BCUT2D eigenvalue weighted by Gasteiger charge is 2.23. The van der Waals surface area contributed by atoms with Crippen LogP contribution in [0.3, 0.4) is 0 Å². The highest BCUT2D eigenvalue weighted by molar-refractivity contribution is 5.96. The molecule has 1 fully saturated rings. The highest BCUT2D eigenvalue weighted by atomic mass is 16.4. The summed E-state index contributed by atoms with van der Waals surface area (Å²) in [4.78, 5) is 11.3. The van der Waals surface area contributed by atoms with Crippen LogP contribution in [0.5, 0.6) is 0 Å².